The van der Waals surface area contributed by atoms with Crippen molar-refractivity contribution >= 4 is 23.2 Å². The van der Waals surface area contributed by atoms with Crippen LogP contribution in [0.1, 0.15) is 50.6 Å². The van der Waals surface area contributed by atoms with Crippen LogP contribution >= 0.6 is 11.3 Å². The zero-order valence-corrected chi connectivity index (χ0v) is 12.8. The van der Waals surface area contributed by atoms with Crippen molar-refractivity contribution < 1.29 is 9.59 Å². The Balaban J connectivity index is 2.03. The lowest BCUT2D eigenvalue weighted by Gasteiger charge is -2.27. The van der Waals surface area contributed by atoms with Crippen molar-refractivity contribution in [3.63, 3.8) is 0 Å². The molecule has 1 fully saturated rings. The van der Waals surface area contributed by atoms with Gasteiger partial charge in [0.1, 0.15) is 11.0 Å². The number of rotatable bonds is 6. The van der Waals surface area contributed by atoms with Gasteiger partial charge in [0.05, 0.1) is 6.04 Å². The number of hydrogen-bond acceptors (Lipinski definition) is 4. The number of nitrogens with zero attached hydrogens (tertiary/aromatic N) is 2. The summed E-state index contributed by atoms with van der Waals surface area (Å²) < 4.78 is 0. The number of amides is 2. The summed E-state index contributed by atoms with van der Waals surface area (Å²) in [5.41, 5.74) is 0. The van der Waals surface area contributed by atoms with Crippen molar-refractivity contribution in [1.82, 2.24) is 15.2 Å². The van der Waals surface area contributed by atoms with E-state index in [-0.39, 0.29) is 23.9 Å². The van der Waals surface area contributed by atoms with Gasteiger partial charge in [-0.15, -0.1) is 11.3 Å². The lowest BCUT2D eigenvalue weighted by molar-refractivity contribution is -0.137. The van der Waals surface area contributed by atoms with E-state index < -0.39 is 0 Å². The second kappa shape index (κ2) is 6.83. The Bertz CT molecular complexity index is 461. The van der Waals surface area contributed by atoms with Crippen LogP contribution < -0.4 is 5.32 Å². The molecule has 0 unspecified atom stereocenters. The van der Waals surface area contributed by atoms with Gasteiger partial charge in [0.2, 0.25) is 11.8 Å². The van der Waals surface area contributed by atoms with Gasteiger partial charge in [-0.05, 0) is 19.3 Å². The third-order valence-corrected chi connectivity index (χ3v) is 4.54. The lowest BCUT2D eigenvalue weighted by Crippen LogP contribution is -2.48. The zero-order valence-electron chi connectivity index (χ0n) is 12.0. The third-order valence-electron chi connectivity index (χ3n) is 3.65. The van der Waals surface area contributed by atoms with Crippen molar-refractivity contribution in [1.29, 1.82) is 0 Å². The van der Waals surface area contributed by atoms with E-state index in [0.717, 1.165) is 17.8 Å². The molecule has 2 amide bonds. The van der Waals surface area contributed by atoms with Gasteiger partial charge in [0.25, 0.3) is 0 Å². The molecular weight excluding hydrogens is 274 g/mol. The third kappa shape index (κ3) is 3.17. The van der Waals surface area contributed by atoms with Crippen LogP contribution in [0.2, 0.25) is 0 Å². The maximum Gasteiger partial charge on any atom is 0.243 e. The molecule has 1 saturated heterocycles. The molecule has 20 heavy (non-hydrogen) atoms. The van der Waals surface area contributed by atoms with E-state index in [0.29, 0.717) is 19.4 Å². The molecule has 0 radical (unpaired) electrons. The van der Waals surface area contributed by atoms with E-state index in [1.165, 1.54) is 0 Å². The van der Waals surface area contributed by atoms with E-state index in [2.05, 4.69) is 10.3 Å². The number of carbonyl (C=O) groups is 2. The maximum absolute atomic E-state index is 12.4. The van der Waals surface area contributed by atoms with Crippen LogP contribution in [0.4, 0.5) is 0 Å². The van der Waals surface area contributed by atoms with Crippen molar-refractivity contribution in [3.05, 3.63) is 16.6 Å². The van der Waals surface area contributed by atoms with Crippen LogP contribution in [0.15, 0.2) is 11.6 Å². The SMILES string of the molecule is CC[C@H](NC(=O)[C@@H](CC)N1CCCC1=O)c1nccs1. The smallest absolute Gasteiger partial charge is 0.243 e. The van der Waals surface area contributed by atoms with E-state index in [9.17, 15) is 9.59 Å². The number of likely N-dealkylation sites (tertiary alicyclic amines) is 1. The molecule has 2 rings (SSSR count). The first kappa shape index (κ1) is 15.0. The van der Waals surface area contributed by atoms with Crippen LogP contribution in [0.25, 0.3) is 0 Å². The number of nitrogens with one attached hydrogen (secondary N) is 1. The molecule has 1 aromatic rings. The lowest BCUT2D eigenvalue weighted by atomic mass is 10.1. The molecular formula is C14H21N3O2S. The molecule has 0 spiro atoms. The minimum atomic E-state index is -0.348. The predicted octanol–water partition coefficient (Wildman–Crippen LogP) is 2.11. The molecule has 2 atom stereocenters. The monoisotopic (exact) mass is 295 g/mol. The summed E-state index contributed by atoms with van der Waals surface area (Å²) in [6, 6.07) is -0.409. The Morgan fingerprint density at radius 2 is 2.30 bits per heavy atom. The fourth-order valence-corrected chi connectivity index (χ4v) is 3.33. The van der Waals surface area contributed by atoms with Gasteiger partial charge in [-0.25, -0.2) is 4.98 Å². The summed E-state index contributed by atoms with van der Waals surface area (Å²) >= 11 is 1.54. The molecule has 1 aromatic heterocycles. The van der Waals surface area contributed by atoms with Crippen LogP contribution in [-0.4, -0.2) is 34.3 Å². The molecule has 6 heteroatoms. The second-order valence-electron chi connectivity index (χ2n) is 4.95. The number of aromatic nitrogens is 1. The summed E-state index contributed by atoms with van der Waals surface area (Å²) in [6.45, 7) is 4.66. The Hall–Kier alpha value is -1.43. The zero-order chi connectivity index (χ0) is 14.5. The van der Waals surface area contributed by atoms with E-state index in [4.69, 9.17) is 0 Å². The average Bonchev–Trinajstić information content (AvgIpc) is 3.09. The Morgan fingerprint density at radius 1 is 1.50 bits per heavy atom. The summed E-state index contributed by atoms with van der Waals surface area (Å²) in [4.78, 5) is 30.2. The second-order valence-corrected chi connectivity index (χ2v) is 5.88. The first-order valence-corrected chi connectivity index (χ1v) is 8.04. The van der Waals surface area contributed by atoms with Gasteiger partial charge >= 0.3 is 0 Å². The minimum Gasteiger partial charge on any atom is -0.345 e. The first-order valence-electron chi connectivity index (χ1n) is 7.16. The molecule has 110 valence electrons. The van der Waals surface area contributed by atoms with Crippen LogP contribution in [0.3, 0.4) is 0 Å². The first-order chi connectivity index (χ1) is 9.67. The van der Waals surface area contributed by atoms with E-state index in [1.54, 1.807) is 22.4 Å². The minimum absolute atomic E-state index is 0.0609. The van der Waals surface area contributed by atoms with Crippen molar-refractivity contribution in [3.8, 4) is 0 Å². The number of carbonyl (C=O) groups excluding carboxylic acids is 2. The molecule has 1 N–H and O–H groups in total. The van der Waals surface area contributed by atoms with Gasteiger partial charge in [-0.1, -0.05) is 13.8 Å². The Morgan fingerprint density at radius 3 is 2.80 bits per heavy atom. The van der Waals surface area contributed by atoms with E-state index >= 15 is 0 Å². The topological polar surface area (TPSA) is 62.3 Å². The van der Waals surface area contributed by atoms with E-state index in [1.807, 2.05) is 19.2 Å². The van der Waals surface area contributed by atoms with Gasteiger partial charge in [0, 0.05) is 24.5 Å². The highest BCUT2D eigenvalue weighted by molar-refractivity contribution is 7.09. The van der Waals surface area contributed by atoms with Gasteiger partial charge in [-0.3, -0.25) is 9.59 Å². The van der Waals surface area contributed by atoms with Gasteiger partial charge < -0.3 is 10.2 Å². The summed E-state index contributed by atoms with van der Waals surface area (Å²) in [5.74, 6) is 0.0269. The molecule has 5 nitrogen and oxygen atoms in total. The predicted molar refractivity (Wildman–Crippen MR) is 78.3 cm³/mol. The highest BCUT2D eigenvalue weighted by Gasteiger charge is 2.32. The maximum atomic E-state index is 12.4. The molecule has 1 aliphatic heterocycles. The van der Waals surface area contributed by atoms with Gasteiger partial charge in [-0.2, -0.15) is 0 Å². The molecule has 0 saturated carbocycles. The quantitative estimate of drug-likeness (QED) is 0.874. The normalized spacial score (nSPS) is 18.1. The standard InChI is InChI=1S/C14H21N3O2S/c1-3-10(14-15-7-9-20-14)16-13(19)11(4-2)17-8-5-6-12(17)18/h7,9-11H,3-6,8H2,1-2H3,(H,16,19)/t10-,11+/m0/s1. The van der Waals surface area contributed by atoms with Gasteiger partial charge in [0.15, 0.2) is 0 Å². The fraction of sp³-hybridized carbons (Fsp3) is 0.643. The Kier molecular flexibility index (Phi) is 5.11. The molecule has 1 aliphatic rings. The summed E-state index contributed by atoms with van der Waals surface area (Å²) in [6.07, 6.45) is 4.60. The highest BCUT2D eigenvalue weighted by atomic mass is 32.1. The molecule has 2 heterocycles. The van der Waals surface area contributed by atoms with Crippen molar-refractivity contribution in [2.45, 2.75) is 51.6 Å². The van der Waals surface area contributed by atoms with Crippen LogP contribution in [0, 0.1) is 0 Å². The number of hydrogen-bond donors (Lipinski definition) is 1. The molecule has 0 aromatic carbocycles. The fourth-order valence-electron chi connectivity index (χ4n) is 2.56. The Labute approximate surface area is 123 Å². The summed E-state index contributed by atoms with van der Waals surface area (Å²) in [5, 5.41) is 5.86. The van der Waals surface area contributed by atoms with Crippen LogP contribution in [0.5, 0.6) is 0 Å². The van der Waals surface area contributed by atoms with Crippen molar-refractivity contribution in [2.24, 2.45) is 0 Å². The summed E-state index contributed by atoms with van der Waals surface area (Å²) in [7, 11) is 0. The molecule has 0 aliphatic carbocycles. The largest absolute Gasteiger partial charge is 0.345 e. The average molecular weight is 295 g/mol. The molecule has 0 bridgehead atoms. The highest BCUT2D eigenvalue weighted by Crippen LogP contribution is 2.21. The number of thiazole rings is 1. The van der Waals surface area contributed by atoms with Crippen LogP contribution in [-0.2, 0) is 9.59 Å². The van der Waals surface area contributed by atoms with Crippen molar-refractivity contribution in [2.75, 3.05) is 6.54 Å².